The first kappa shape index (κ1) is 23.9. The summed E-state index contributed by atoms with van der Waals surface area (Å²) in [6.45, 7) is 6.06. The van der Waals surface area contributed by atoms with E-state index in [9.17, 15) is 9.18 Å². The lowest BCUT2D eigenvalue weighted by molar-refractivity contribution is -0.133. The van der Waals surface area contributed by atoms with Crippen LogP contribution in [0.4, 0.5) is 21.0 Å². The molecule has 6 rings (SSSR count). The number of likely N-dealkylation sites (tertiary alicyclic amines) is 1. The van der Waals surface area contributed by atoms with Gasteiger partial charge in [0.05, 0.1) is 23.6 Å². The van der Waals surface area contributed by atoms with E-state index in [4.69, 9.17) is 9.97 Å². The van der Waals surface area contributed by atoms with Crippen molar-refractivity contribution in [1.29, 1.82) is 0 Å². The first-order chi connectivity index (χ1) is 18.0. The summed E-state index contributed by atoms with van der Waals surface area (Å²) >= 11 is 1.55. The summed E-state index contributed by atoms with van der Waals surface area (Å²) in [5, 5.41) is 6.25. The van der Waals surface area contributed by atoms with Crippen molar-refractivity contribution in [2.24, 2.45) is 0 Å². The smallest absolute Gasteiger partial charge is 0.236 e. The van der Waals surface area contributed by atoms with Crippen LogP contribution in [-0.4, -0.2) is 71.0 Å². The fourth-order valence-electron chi connectivity index (χ4n) is 4.84. The maximum absolute atomic E-state index is 13.4. The summed E-state index contributed by atoms with van der Waals surface area (Å²) in [4.78, 5) is 28.1. The number of rotatable bonds is 8. The number of carbonyl (C=O) groups is 1. The van der Waals surface area contributed by atoms with E-state index in [0.717, 1.165) is 78.3 Å². The average molecular weight is 520 g/mol. The molecule has 0 unspecified atom stereocenters. The Balaban J connectivity index is 1.20. The molecular formula is C27H30FN7OS. The summed E-state index contributed by atoms with van der Waals surface area (Å²) < 4.78 is 15.5. The number of benzene rings is 1. The summed E-state index contributed by atoms with van der Waals surface area (Å²) in [5.41, 5.74) is 4.74. The standard InChI is InChI=1S/C27H30FN7OS/c1-3-22-26(32(2)27-31-23(17-37-27)18-5-7-19(28)8-6-18)35-16-21(9-10-24(35)30-22)34-14-20(15-34)29-13-25(36)33-11-4-12-33/h5-10,16-17,20,29H,3-4,11-15H2,1-2H3. The number of thiazole rings is 1. The topological polar surface area (TPSA) is 69.0 Å². The fourth-order valence-corrected chi connectivity index (χ4v) is 5.64. The van der Waals surface area contributed by atoms with E-state index < -0.39 is 0 Å². The number of anilines is 3. The van der Waals surface area contributed by atoms with Crippen LogP contribution in [0.5, 0.6) is 0 Å². The van der Waals surface area contributed by atoms with E-state index in [0.29, 0.717) is 12.6 Å². The van der Waals surface area contributed by atoms with Crippen molar-refractivity contribution in [2.75, 3.05) is 49.6 Å². The number of aromatic nitrogens is 3. The van der Waals surface area contributed by atoms with Gasteiger partial charge >= 0.3 is 0 Å². The highest BCUT2D eigenvalue weighted by atomic mass is 32.1. The quantitative estimate of drug-likeness (QED) is 0.380. The molecule has 1 aromatic carbocycles. The number of fused-ring (bicyclic) bond motifs is 1. The van der Waals surface area contributed by atoms with E-state index in [-0.39, 0.29) is 11.7 Å². The zero-order chi connectivity index (χ0) is 25.5. The van der Waals surface area contributed by atoms with Gasteiger partial charge in [-0.25, -0.2) is 14.4 Å². The Morgan fingerprint density at radius 1 is 1.16 bits per heavy atom. The van der Waals surface area contributed by atoms with Crippen LogP contribution in [0.15, 0.2) is 48.0 Å². The third kappa shape index (κ3) is 4.55. The summed E-state index contributed by atoms with van der Waals surface area (Å²) in [6.07, 6.45) is 4.06. The van der Waals surface area contributed by atoms with Gasteiger partial charge in [0, 0.05) is 56.4 Å². The average Bonchev–Trinajstić information content (AvgIpc) is 3.47. The summed E-state index contributed by atoms with van der Waals surface area (Å²) in [5.74, 6) is 0.943. The van der Waals surface area contributed by atoms with E-state index in [1.807, 2.05) is 17.3 Å². The molecule has 0 saturated carbocycles. The Kier molecular flexibility index (Phi) is 6.29. The molecule has 192 valence electrons. The SMILES string of the molecule is CCc1nc2ccc(N3CC(NCC(=O)N4CCC4)C3)cn2c1N(C)c1nc(-c2ccc(F)cc2)cs1. The van der Waals surface area contributed by atoms with Crippen molar-refractivity contribution < 1.29 is 9.18 Å². The van der Waals surface area contributed by atoms with E-state index in [2.05, 4.69) is 44.8 Å². The number of pyridine rings is 1. The first-order valence-corrected chi connectivity index (χ1v) is 13.6. The largest absolute Gasteiger partial charge is 0.367 e. The maximum atomic E-state index is 13.4. The van der Waals surface area contributed by atoms with Crippen LogP contribution in [0.2, 0.25) is 0 Å². The predicted octanol–water partition coefficient (Wildman–Crippen LogP) is 3.94. The van der Waals surface area contributed by atoms with Crippen LogP contribution in [0.1, 0.15) is 19.0 Å². The van der Waals surface area contributed by atoms with Gasteiger partial charge in [-0.15, -0.1) is 11.3 Å². The van der Waals surface area contributed by atoms with Gasteiger partial charge in [-0.1, -0.05) is 6.92 Å². The molecule has 1 N–H and O–H groups in total. The van der Waals surface area contributed by atoms with Gasteiger partial charge in [0.15, 0.2) is 5.13 Å². The Bertz CT molecular complexity index is 1420. The van der Waals surface area contributed by atoms with Gasteiger partial charge in [0.2, 0.25) is 5.91 Å². The molecule has 1 amide bonds. The monoisotopic (exact) mass is 519 g/mol. The van der Waals surface area contributed by atoms with Crippen LogP contribution >= 0.6 is 11.3 Å². The second kappa shape index (κ2) is 9.75. The molecule has 8 nitrogen and oxygen atoms in total. The van der Waals surface area contributed by atoms with Crippen molar-refractivity contribution in [1.82, 2.24) is 24.6 Å². The van der Waals surface area contributed by atoms with Gasteiger partial charge in [-0.2, -0.15) is 0 Å². The Morgan fingerprint density at radius 3 is 2.65 bits per heavy atom. The molecule has 2 aliphatic rings. The predicted molar refractivity (Wildman–Crippen MR) is 145 cm³/mol. The summed E-state index contributed by atoms with van der Waals surface area (Å²) in [7, 11) is 2.02. The van der Waals surface area contributed by atoms with Crippen molar-refractivity contribution in [3.05, 3.63) is 59.5 Å². The molecular weight excluding hydrogens is 489 g/mol. The Hall–Kier alpha value is -3.50. The van der Waals surface area contributed by atoms with Gasteiger partial charge < -0.3 is 20.0 Å². The lowest BCUT2D eigenvalue weighted by Gasteiger charge is -2.42. The second-order valence-electron chi connectivity index (χ2n) is 9.65. The molecule has 37 heavy (non-hydrogen) atoms. The number of halogens is 1. The number of nitrogens with one attached hydrogen (secondary N) is 1. The van der Waals surface area contributed by atoms with Crippen molar-refractivity contribution >= 4 is 39.5 Å². The van der Waals surface area contributed by atoms with Gasteiger partial charge in [-0.05, 0) is 49.2 Å². The Morgan fingerprint density at radius 2 is 1.95 bits per heavy atom. The number of hydrogen-bond acceptors (Lipinski definition) is 7. The van der Waals surface area contributed by atoms with E-state index >= 15 is 0 Å². The molecule has 2 saturated heterocycles. The van der Waals surface area contributed by atoms with Crippen molar-refractivity contribution in [3.63, 3.8) is 0 Å². The van der Waals surface area contributed by atoms with Crippen LogP contribution in [-0.2, 0) is 11.2 Å². The van der Waals surface area contributed by atoms with Crippen LogP contribution in [0.25, 0.3) is 16.9 Å². The first-order valence-electron chi connectivity index (χ1n) is 12.7. The normalized spacial score (nSPS) is 15.6. The van der Waals surface area contributed by atoms with Gasteiger partial charge in [0.25, 0.3) is 0 Å². The molecule has 5 heterocycles. The molecule has 2 aliphatic heterocycles. The van der Waals surface area contributed by atoms with Crippen molar-refractivity contribution in [3.8, 4) is 11.3 Å². The number of nitrogens with zero attached hydrogens (tertiary/aromatic N) is 6. The molecule has 4 aromatic rings. The zero-order valence-corrected chi connectivity index (χ0v) is 21.8. The van der Waals surface area contributed by atoms with Crippen LogP contribution in [0.3, 0.4) is 0 Å². The fraction of sp³-hybridized carbons (Fsp3) is 0.370. The number of carbonyl (C=O) groups excluding carboxylic acids is 1. The zero-order valence-electron chi connectivity index (χ0n) is 21.0. The van der Waals surface area contributed by atoms with Gasteiger partial charge in [-0.3, -0.25) is 9.20 Å². The molecule has 10 heteroatoms. The maximum Gasteiger partial charge on any atom is 0.236 e. The van der Waals surface area contributed by atoms with Gasteiger partial charge in [0.1, 0.15) is 17.3 Å². The summed E-state index contributed by atoms with van der Waals surface area (Å²) in [6, 6.07) is 10.9. The van der Waals surface area contributed by atoms with Crippen LogP contribution in [0, 0.1) is 5.82 Å². The third-order valence-corrected chi connectivity index (χ3v) is 8.13. The highest BCUT2D eigenvalue weighted by molar-refractivity contribution is 7.14. The molecule has 0 bridgehead atoms. The minimum Gasteiger partial charge on any atom is -0.367 e. The minimum absolute atomic E-state index is 0.203. The Labute approximate surface area is 219 Å². The molecule has 0 spiro atoms. The third-order valence-electron chi connectivity index (χ3n) is 7.22. The molecule has 0 atom stereocenters. The number of amides is 1. The number of imidazole rings is 1. The van der Waals surface area contributed by atoms with Crippen LogP contribution < -0.4 is 15.1 Å². The molecule has 2 fully saturated rings. The highest BCUT2D eigenvalue weighted by Crippen LogP contribution is 2.34. The van der Waals surface area contributed by atoms with E-state index in [1.54, 1.807) is 23.5 Å². The molecule has 0 radical (unpaired) electrons. The molecule has 0 aliphatic carbocycles. The van der Waals surface area contributed by atoms with Crippen molar-refractivity contribution in [2.45, 2.75) is 25.8 Å². The number of aryl methyl sites for hydroxylation is 1. The second-order valence-corrected chi connectivity index (χ2v) is 10.5. The minimum atomic E-state index is -0.255. The lowest BCUT2D eigenvalue weighted by atomic mass is 10.1. The van der Waals surface area contributed by atoms with E-state index in [1.165, 1.54) is 12.1 Å². The number of hydrogen-bond donors (Lipinski definition) is 1. The molecule has 3 aromatic heterocycles. The lowest BCUT2D eigenvalue weighted by Crippen LogP contribution is -2.60. The highest BCUT2D eigenvalue weighted by Gasteiger charge is 2.29.